The summed E-state index contributed by atoms with van der Waals surface area (Å²) in [7, 11) is 0. The van der Waals surface area contributed by atoms with Crippen LogP contribution in [-0.2, 0) is 0 Å². The first-order chi connectivity index (χ1) is 5.11. The van der Waals surface area contributed by atoms with E-state index in [1.165, 1.54) is 6.20 Å². The molecule has 0 amide bonds. The first-order valence-electron chi connectivity index (χ1n) is 3.13. The van der Waals surface area contributed by atoms with Crippen LogP contribution in [0.5, 0.6) is 0 Å². The average Bonchev–Trinajstić information content (AvgIpc) is 1.94. The minimum atomic E-state index is -1.28. The van der Waals surface area contributed by atoms with Gasteiger partial charge in [0.15, 0.2) is 0 Å². The van der Waals surface area contributed by atoms with Crippen molar-refractivity contribution in [2.24, 2.45) is 0 Å². The van der Waals surface area contributed by atoms with Crippen molar-refractivity contribution < 1.29 is 78.8 Å². The molecule has 12 heavy (non-hydrogen) atoms. The van der Waals surface area contributed by atoms with Crippen LogP contribution in [0, 0.1) is 13.8 Å². The molecular formula is C7H7CsN2O2. The molecule has 0 spiro atoms. The van der Waals surface area contributed by atoms with Gasteiger partial charge < -0.3 is 9.90 Å². The summed E-state index contributed by atoms with van der Waals surface area (Å²) in [6, 6.07) is 0. The van der Waals surface area contributed by atoms with E-state index in [1.54, 1.807) is 13.8 Å². The standard InChI is InChI=1S/C7H8N2O2.Cs/c1-4-3-8-5(2)6(9-4)7(10)11;/h3H,1-2H3,(H,10,11);/q;+1/p-1. The predicted octanol–water partition coefficient (Wildman–Crippen LogP) is -3.54. The molecule has 0 aliphatic heterocycles. The van der Waals surface area contributed by atoms with E-state index in [0.717, 1.165) is 0 Å². The topological polar surface area (TPSA) is 65.9 Å². The second-order valence-electron chi connectivity index (χ2n) is 2.23. The number of aromatic carboxylic acids is 1. The predicted molar refractivity (Wildman–Crippen MR) is 35.8 cm³/mol. The molecule has 4 nitrogen and oxygen atoms in total. The van der Waals surface area contributed by atoms with Gasteiger partial charge in [-0.3, -0.25) is 4.98 Å². The molecular weight excluding hydrogens is 277 g/mol. The van der Waals surface area contributed by atoms with Crippen molar-refractivity contribution in [1.29, 1.82) is 0 Å². The molecule has 0 fully saturated rings. The van der Waals surface area contributed by atoms with Gasteiger partial charge in [-0.15, -0.1) is 0 Å². The quantitative estimate of drug-likeness (QED) is 0.536. The van der Waals surface area contributed by atoms with Gasteiger partial charge in [-0.1, -0.05) is 0 Å². The van der Waals surface area contributed by atoms with Crippen LogP contribution in [0.15, 0.2) is 6.20 Å². The molecule has 0 aromatic carbocycles. The van der Waals surface area contributed by atoms with Gasteiger partial charge in [0.2, 0.25) is 0 Å². The third kappa shape index (κ3) is 3.15. The van der Waals surface area contributed by atoms with Crippen molar-refractivity contribution in [2.45, 2.75) is 13.8 Å². The summed E-state index contributed by atoms with van der Waals surface area (Å²) in [4.78, 5) is 17.9. The van der Waals surface area contributed by atoms with Crippen molar-refractivity contribution in [3.63, 3.8) is 0 Å². The molecule has 0 saturated heterocycles. The molecule has 0 saturated carbocycles. The van der Waals surface area contributed by atoms with Gasteiger partial charge in [0.05, 0.1) is 17.4 Å². The van der Waals surface area contributed by atoms with Crippen LogP contribution in [0.4, 0.5) is 0 Å². The van der Waals surface area contributed by atoms with Crippen LogP contribution in [-0.4, -0.2) is 15.9 Å². The van der Waals surface area contributed by atoms with Crippen molar-refractivity contribution in [3.05, 3.63) is 23.3 Å². The summed E-state index contributed by atoms with van der Waals surface area (Å²) in [6.45, 7) is 3.26. The summed E-state index contributed by atoms with van der Waals surface area (Å²) in [6.07, 6.45) is 1.52. The molecule has 1 rings (SSSR count). The fourth-order valence-corrected chi connectivity index (χ4v) is 0.731. The van der Waals surface area contributed by atoms with E-state index in [0.29, 0.717) is 11.4 Å². The number of carbonyl (C=O) groups excluding carboxylic acids is 1. The Kier molecular flexibility index (Phi) is 5.63. The Morgan fingerprint density at radius 2 is 2.08 bits per heavy atom. The smallest absolute Gasteiger partial charge is 0.543 e. The van der Waals surface area contributed by atoms with Crippen LogP contribution < -0.4 is 74.0 Å². The monoisotopic (exact) mass is 284 g/mol. The number of hydrogen-bond donors (Lipinski definition) is 0. The third-order valence-corrected chi connectivity index (χ3v) is 1.27. The van der Waals surface area contributed by atoms with E-state index in [2.05, 4.69) is 9.97 Å². The summed E-state index contributed by atoms with van der Waals surface area (Å²) < 4.78 is 0. The molecule has 5 heteroatoms. The Balaban J connectivity index is 0.00000121. The fourth-order valence-electron chi connectivity index (χ4n) is 0.731. The first-order valence-corrected chi connectivity index (χ1v) is 3.13. The van der Waals surface area contributed by atoms with E-state index < -0.39 is 5.97 Å². The molecule has 1 heterocycles. The molecule has 0 aliphatic rings. The average molecular weight is 284 g/mol. The summed E-state index contributed by atoms with van der Waals surface area (Å²) in [5.41, 5.74) is 0.885. The van der Waals surface area contributed by atoms with Crippen LogP contribution in [0.1, 0.15) is 21.9 Å². The van der Waals surface area contributed by atoms with Crippen molar-refractivity contribution in [1.82, 2.24) is 9.97 Å². The van der Waals surface area contributed by atoms with E-state index in [4.69, 9.17) is 0 Å². The van der Waals surface area contributed by atoms with Gasteiger partial charge >= 0.3 is 68.9 Å². The molecule has 0 N–H and O–H groups in total. The second kappa shape index (κ2) is 5.36. The minimum absolute atomic E-state index is 0. The van der Waals surface area contributed by atoms with Gasteiger partial charge in [-0.25, -0.2) is 4.98 Å². The number of carboxylic acid groups (broad SMARTS) is 1. The molecule has 0 atom stereocenters. The molecule has 0 radical (unpaired) electrons. The number of hydrogen-bond acceptors (Lipinski definition) is 4. The van der Waals surface area contributed by atoms with E-state index in [1.807, 2.05) is 0 Å². The largest absolute Gasteiger partial charge is 1.00 e. The maximum absolute atomic E-state index is 10.4. The number of carboxylic acids is 1. The normalized spacial score (nSPS) is 8.83. The molecule has 58 valence electrons. The van der Waals surface area contributed by atoms with Crippen LogP contribution in [0.25, 0.3) is 0 Å². The van der Waals surface area contributed by atoms with Crippen molar-refractivity contribution >= 4 is 5.97 Å². The zero-order valence-corrected chi connectivity index (χ0v) is 13.6. The SMILES string of the molecule is Cc1cnc(C)c(C(=O)[O-])n1.[Cs+]. The van der Waals surface area contributed by atoms with Crippen LogP contribution in [0.2, 0.25) is 0 Å². The van der Waals surface area contributed by atoms with Gasteiger partial charge in [-0.05, 0) is 13.8 Å². The number of nitrogens with zero attached hydrogens (tertiary/aromatic N) is 2. The van der Waals surface area contributed by atoms with Gasteiger partial charge in [-0.2, -0.15) is 0 Å². The van der Waals surface area contributed by atoms with Crippen LogP contribution in [0.3, 0.4) is 0 Å². The third-order valence-electron chi connectivity index (χ3n) is 1.27. The molecule has 0 bridgehead atoms. The second-order valence-corrected chi connectivity index (χ2v) is 2.23. The van der Waals surface area contributed by atoms with Gasteiger partial charge in [0.1, 0.15) is 5.69 Å². The van der Waals surface area contributed by atoms with E-state index in [9.17, 15) is 9.90 Å². The number of aryl methyl sites for hydroxylation is 2. The summed E-state index contributed by atoms with van der Waals surface area (Å²) >= 11 is 0. The maximum atomic E-state index is 10.4. The Hall–Kier alpha value is 0.602. The molecule has 0 aliphatic carbocycles. The van der Waals surface area contributed by atoms with Crippen molar-refractivity contribution in [3.8, 4) is 0 Å². The molecule has 1 aromatic heterocycles. The van der Waals surface area contributed by atoms with Crippen molar-refractivity contribution in [2.75, 3.05) is 0 Å². The Morgan fingerprint density at radius 3 is 2.50 bits per heavy atom. The van der Waals surface area contributed by atoms with Gasteiger partial charge in [0.25, 0.3) is 0 Å². The number of aromatic nitrogens is 2. The fraction of sp³-hybridized carbons (Fsp3) is 0.286. The number of carbonyl (C=O) groups is 1. The van der Waals surface area contributed by atoms with Gasteiger partial charge in [0, 0.05) is 6.20 Å². The Bertz CT molecular complexity index is 301. The summed E-state index contributed by atoms with van der Waals surface area (Å²) in [5, 5.41) is 10.4. The first kappa shape index (κ1) is 12.6. The number of rotatable bonds is 1. The zero-order valence-electron chi connectivity index (χ0n) is 7.29. The molecule has 1 aromatic rings. The molecule has 0 unspecified atom stereocenters. The van der Waals surface area contributed by atoms with E-state index in [-0.39, 0.29) is 74.6 Å². The van der Waals surface area contributed by atoms with E-state index >= 15 is 0 Å². The maximum Gasteiger partial charge on any atom is 1.00 e. The van der Waals surface area contributed by atoms with Crippen LogP contribution >= 0.6 is 0 Å². The Morgan fingerprint density at radius 1 is 1.50 bits per heavy atom. The minimum Gasteiger partial charge on any atom is -0.543 e. The Labute approximate surface area is 129 Å². The summed E-state index contributed by atoms with van der Waals surface area (Å²) in [5.74, 6) is -1.28. The zero-order chi connectivity index (χ0) is 8.43.